The van der Waals surface area contributed by atoms with E-state index >= 15 is 0 Å². The van der Waals surface area contributed by atoms with E-state index in [0.29, 0.717) is 29.4 Å². The van der Waals surface area contributed by atoms with Crippen LogP contribution in [-0.2, 0) is 0 Å². The van der Waals surface area contributed by atoms with Gasteiger partial charge in [0.15, 0.2) is 5.75 Å². The SMILES string of the molecule is CC(C)Oc1c(Cl)cccc1NC(=O)NCCCO. The smallest absolute Gasteiger partial charge is 0.319 e. The predicted molar refractivity (Wildman–Crippen MR) is 75.9 cm³/mol. The van der Waals surface area contributed by atoms with E-state index in [9.17, 15) is 4.79 Å². The molecule has 1 aromatic rings. The summed E-state index contributed by atoms with van der Waals surface area (Å²) in [5.74, 6) is 0.455. The first kappa shape index (κ1) is 15.6. The highest BCUT2D eigenvalue weighted by atomic mass is 35.5. The summed E-state index contributed by atoms with van der Waals surface area (Å²) in [6.45, 7) is 4.21. The number of benzene rings is 1. The number of halogens is 1. The maximum atomic E-state index is 11.6. The highest BCUT2D eigenvalue weighted by Gasteiger charge is 2.12. The lowest BCUT2D eigenvalue weighted by Gasteiger charge is -2.16. The largest absolute Gasteiger partial charge is 0.487 e. The molecule has 106 valence electrons. The van der Waals surface area contributed by atoms with Crippen molar-refractivity contribution in [3.63, 3.8) is 0 Å². The van der Waals surface area contributed by atoms with Crippen molar-refractivity contribution in [3.8, 4) is 5.75 Å². The van der Waals surface area contributed by atoms with Gasteiger partial charge in [-0.3, -0.25) is 0 Å². The fourth-order valence-electron chi connectivity index (χ4n) is 1.41. The molecule has 5 nitrogen and oxygen atoms in total. The highest BCUT2D eigenvalue weighted by Crippen LogP contribution is 2.33. The zero-order valence-electron chi connectivity index (χ0n) is 11.1. The molecule has 0 aliphatic carbocycles. The van der Waals surface area contributed by atoms with E-state index in [2.05, 4.69) is 10.6 Å². The van der Waals surface area contributed by atoms with E-state index < -0.39 is 0 Å². The molecule has 0 saturated heterocycles. The number of anilines is 1. The molecule has 0 spiro atoms. The van der Waals surface area contributed by atoms with E-state index in [-0.39, 0.29) is 18.7 Å². The van der Waals surface area contributed by atoms with Gasteiger partial charge in [0, 0.05) is 13.2 Å². The molecule has 0 aliphatic rings. The maximum Gasteiger partial charge on any atom is 0.319 e. The first-order valence-electron chi connectivity index (χ1n) is 6.15. The third-order valence-electron chi connectivity index (χ3n) is 2.19. The number of nitrogens with one attached hydrogen (secondary N) is 2. The number of para-hydroxylation sites is 1. The molecule has 0 radical (unpaired) electrons. The summed E-state index contributed by atoms with van der Waals surface area (Å²) in [6.07, 6.45) is 0.469. The standard InChI is InChI=1S/C13H19ClN2O3/c1-9(2)19-12-10(14)5-3-6-11(12)16-13(18)15-7-4-8-17/h3,5-6,9,17H,4,7-8H2,1-2H3,(H2,15,16,18). The van der Waals surface area contributed by atoms with Gasteiger partial charge >= 0.3 is 6.03 Å². The van der Waals surface area contributed by atoms with Crippen molar-refractivity contribution in [1.29, 1.82) is 0 Å². The molecule has 0 fully saturated rings. The molecule has 0 heterocycles. The van der Waals surface area contributed by atoms with Crippen LogP contribution >= 0.6 is 11.6 Å². The van der Waals surface area contributed by atoms with Crippen LogP contribution in [0.15, 0.2) is 18.2 Å². The summed E-state index contributed by atoms with van der Waals surface area (Å²) in [6, 6.07) is 4.80. The van der Waals surface area contributed by atoms with Gasteiger partial charge in [-0.15, -0.1) is 0 Å². The molecule has 0 aromatic heterocycles. The van der Waals surface area contributed by atoms with Crippen molar-refractivity contribution in [2.45, 2.75) is 26.4 Å². The third kappa shape index (κ3) is 5.36. The van der Waals surface area contributed by atoms with Gasteiger partial charge in [0.1, 0.15) is 0 Å². The monoisotopic (exact) mass is 286 g/mol. The second-order valence-corrected chi connectivity index (χ2v) is 4.65. The van der Waals surface area contributed by atoms with E-state index in [1.54, 1.807) is 18.2 Å². The number of hydrogen-bond donors (Lipinski definition) is 3. The predicted octanol–water partition coefficient (Wildman–Crippen LogP) is 2.63. The number of hydrogen-bond acceptors (Lipinski definition) is 3. The van der Waals surface area contributed by atoms with Gasteiger partial charge in [-0.2, -0.15) is 0 Å². The average Bonchev–Trinajstić information content (AvgIpc) is 2.33. The van der Waals surface area contributed by atoms with Crippen LogP contribution in [0.2, 0.25) is 5.02 Å². The molecule has 1 rings (SSSR count). The molecule has 3 N–H and O–H groups in total. The minimum Gasteiger partial charge on any atom is -0.487 e. The summed E-state index contributed by atoms with van der Waals surface area (Å²) >= 11 is 6.05. The van der Waals surface area contributed by atoms with E-state index in [1.807, 2.05) is 13.8 Å². The zero-order valence-corrected chi connectivity index (χ0v) is 11.8. The molecule has 19 heavy (non-hydrogen) atoms. The van der Waals surface area contributed by atoms with Crippen LogP contribution in [0, 0.1) is 0 Å². The number of carbonyl (C=O) groups excluding carboxylic acids is 1. The lowest BCUT2D eigenvalue weighted by Crippen LogP contribution is -2.30. The van der Waals surface area contributed by atoms with E-state index in [0.717, 1.165) is 0 Å². The van der Waals surface area contributed by atoms with Crippen LogP contribution in [0.3, 0.4) is 0 Å². The third-order valence-corrected chi connectivity index (χ3v) is 2.49. The topological polar surface area (TPSA) is 70.6 Å². The Morgan fingerprint density at radius 1 is 1.47 bits per heavy atom. The molecule has 0 aliphatic heterocycles. The molecule has 0 unspecified atom stereocenters. The van der Waals surface area contributed by atoms with Crippen LogP contribution < -0.4 is 15.4 Å². The molecule has 0 bridgehead atoms. The number of aliphatic hydroxyl groups excluding tert-OH is 1. The van der Waals surface area contributed by atoms with Crippen molar-refractivity contribution in [2.24, 2.45) is 0 Å². The van der Waals surface area contributed by atoms with Gasteiger partial charge in [0.25, 0.3) is 0 Å². The fraction of sp³-hybridized carbons (Fsp3) is 0.462. The Morgan fingerprint density at radius 3 is 2.84 bits per heavy atom. The number of urea groups is 1. The Labute approximate surface area is 117 Å². The minimum absolute atomic E-state index is 0.0408. The molecule has 0 saturated carbocycles. The average molecular weight is 287 g/mol. The summed E-state index contributed by atoms with van der Waals surface area (Å²) in [4.78, 5) is 11.6. The van der Waals surface area contributed by atoms with Crippen molar-refractivity contribution >= 4 is 23.3 Å². The second kappa shape index (κ2) is 7.86. The molecular weight excluding hydrogens is 268 g/mol. The van der Waals surface area contributed by atoms with Gasteiger partial charge in [-0.05, 0) is 32.4 Å². The lowest BCUT2D eigenvalue weighted by molar-refractivity contribution is 0.241. The Hall–Kier alpha value is -1.46. The van der Waals surface area contributed by atoms with E-state index in [1.165, 1.54) is 0 Å². The fourth-order valence-corrected chi connectivity index (χ4v) is 1.63. The van der Waals surface area contributed by atoms with Gasteiger partial charge in [-0.1, -0.05) is 17.7 Å². The van der Waals surface area contributed by atoms with E-state index in [4.69, 9.17) is 21.4 Å². The van der Waals surface area contributed by atoms with Crippen LogP contribution in [0.25, 0.3) is 0 Å². The number of ether oxygens (including phenoxy) is 1. The van der Waals surface area contributed by atoms with Gasteiger partial charge < -0.3 is 20.5 Å². The van der Waals surface area contributed by atoms with Crippen LogP contribution in [0.4, 0.5) is 10.5 Å². The van der Waals surface area contributed by atoms with Gasteiger partial charge in [-0.25, -0.2) is 4.79 Å². The normalized spacial score (nSPS) is 10.4. The summed E-state index contributed by atoms with van der Waals surface area (Å²) in [5.41, 5.74) is 0.516. The molecular formula is C13H19ClN2O3. The summed E-state index contributed by atoms with van der Waals surface area (Å²) < 4.78 is 5.59. The van der Waals surface area contributed by atoms with Crippen LogP contribution in [0.1, 0.15) is 20.3 Å². The number of amides is 2. The Bertz CT molecular complexity index is 424. The molecule has 0 atom stereocenters. The molecule has 6 heteroatoms. The van der Waals surface area contributed by atoms with Crippen LogP contribution in [-0.4, -0.2) is 30.4 Å². The maximum absolute atomic E-state index is 11.6. The Kier molecular flexibility index (Phi) is 6.45. The van der Waals surface area contributed by atoms with Crippen LogP contribution in [0.5, 0.6) is 5.75 Å². The summed E-state index contributed by atoms with van der Waals surface area (Å²) in [7, 11) is 0. The first-order valence-corrected chi connectivity index (χ1v) is 6.53. The Morgan fingerprint density at radius 2 is 2.21 bits per heavy atom. The zero-order chi connectivity index (χ0) is 14.3. The number of aliphatic hydroxyl groups is 1. The van der Waals surface area contributed by atoms with Crippen molar-refractivity contribution in [3.05, 3.63) is 23.2 Å². The summed E-state index contributed by atoms with van der Waals surface area (Å²) in [5, 5.41) is 14.4. The van der Waals surface area contributed by atoms with Crippen molar-refractivity contribution in [2.75, 3.05) is 18.5 Å². The lowest BCUT2D eigenvalue weighted by atomic mass is 10.3. The van der Waals surface area contributed by atoms with Gasteiger partial charge in [0.2, 0.25) is 0 Å². The minimum atomic E-state index is -0.357. The first-order chi connectivity index (χ1) is 9.04. The highest BCUT2D eigenvalue weighted by molar-refractivity contribution is 6.32. The number of carbonyl (C=O) groups is 1. The second-order valence-electron chi connectivity index (χ2n) is 4.24. The van der Waals surface area contributed by atoms with Crippen molar-refractivity contribution in [1.82, 2.24) is 5.32 Å². The van der Waals surface area contributed by atoms with Gasteiger partial charge in [0.05, 0.1) is 16.8 Å². The molecule has 1 aromatic carbocycles. The van der Waals surface area contributed by atoms with Crippen molar-refractivity contribution < 1.29 is 14.6 Å². The molecule has 2 amide bonds. The Balaban J connectivity index is 2.71. The quantitative estimate of drug-likeness (QED) is 0.704. The number of rotatable bonds is 6.